The van der Waals surface area contributed by atoms with Crippen LogP contribution in [0.5, 0.6) is 11.5 Å². The Morgan fingerprint density at radius 1 is 1.11 bits per heavy atom. The van der Waals surface area contributed by atoms with Gasteiger partial charge in [0.05, 0.1) is 19.7 Å². The van der Waals surface area contributed by atoms with Gasteiger partial charge >= 0.3 is 0 Å². The van der Waals surface area contributed by atoms with Gasteiger partial charge in [-0.05, 0) is 46.1 Å². The predicted octanol–water partition coefficient (Wildman–Crippen LogP) is 3.97. The number of nitrogens with zero attached hydrogens (tertiary/aromatic N) is 3. The molecule has 0 unspecified atom stereocenters. The first-order valence-electron chi connectivity index (χ1n) is 9.38. The molecule has 5 heteroatoms. The molecular weight excluding hydrogens is 338 g/mol. The van der Waals surface area contributed by atoms with Crippen molar-refractivity contribution in [1.82, 2.24) is 4.90 Å². The van der Waals surface area contributed by atoms with Crippen molar-refractivity contribution < 1.29 is 9.84 Å². The first kappa shape index (κ1) is 20.8. The number of hydrogen-bond acceptors (Lipinski definition) is 5. The third-order valence-electron chi connectivity index (χ3n) is 4.77. The summed E-state index contributed by atoms with van der Waals surface area (Å²) in [5, 5.41) is 10.4. The number of hydrogen-bond donors (Lipinski definition) is 1. The second kappa shape index (κ2) is 9.97. The minimum atomic E-state index is 0.0921. The van der Waals surface area contributed by atoms with E-state index in [1.165, 1.54) is 0 Å². The fraction of sp³-hybridized carbons (Fsp3) is 0.409. The predicted molar refractivity (Wildman–Crippen MR) is 114 cm³/mol. The van der Waals surface area contributed by atoms with Crippen LogP contribution < -0.4 is 9.64 Å². The summed E-state index contributed by atoms with van der Waals surface area (Å²) >= 11 is 0. The molecular formula is C22H31N3O2. The van der Waals surface area contributed by atoms with Gasteiger partial charge in [-0.2, -0.15) is 0 Å². The summed E-state index contributed by atoms with van der Waals surface area (Å²) in [7, 11) is 5.75. The topological polar surface area (TPSA) is 48.3 Å². The fourth-order valence-electron chi connectivity index (χ4n) is 3.16. The highest BCUT2D eigenvalue weighted by atomic mass is 16.5. The number of benzene rings is 2. The molecule has 2 aromatic carbocycles. The van der Waals surface area contributed by atoms with Crippen LogP contribution in [0.15, 0.2) is 47.5 Å². The Morgan fingerprint density at radius 3 is 2.41 bits per heavy atom. The number of aromatic hydroxyl groups is 1. The molecule has 5 nitrogen and oxygen atoms in total. The first-order valence-corrected chi connectivity index (χ1v) is 9.38. The molecule has 0 amide bonds. The lowest BCUT2D eigenvalue weighted by Crippen LogP contribution is -2.23. The van der Waals surface area contributed by atoms with Crippen LogP contribution in [0.25, 0.3) is 0 Å². The summed E-state index contributed by atoms with van der Waals surface area (Å²) in [5.74, 6) is 1.11. The molecule has 0 aliphatic heterocycles. The van der Waals surface area contributed by atoms with Gasteiger partial charge in [-0.25, -0.2) is 0 Å². The summed E-state index contributed by atoms with van der Waals surface area (Å²) in [4.78, 5) is 8.92. The zero-order valence-corrected chi connectivity index (χ0v) is 17.0. The van der Waals surface area contributed by atoms with Crippen molar-refractivity contribution in [3.05, 3.63) is 53.6 Å². The fourth-order valence-corrected chi connectivity index (χ4v) is 3.16. The SMILES string of the molecule is CCN(CC)c1ccc(C=NC[C@H](c2ccccc2OC)N(C)C)c(O)c1. The van der Waals surface area contributed by atoms with Crippen LogP contribution in [0.4, 0.5) is 5.69 Å². The first-order chi connectivity index (χ1) is 13.0. The van der Waals surface area contributed by atoms with Gasteiger partial charge in [0.15, 0.2) is 0 Å². The largest absolute Gasteiger partial charge is 0.507 e. The van der Waals surface area contributed by atoms with E-state index in [4.69, 9.17) is 4.74 Å². The van der Waals surface area contributed by atoms with E-state index in [9.17, 15) is 5.11 Å². The Hall–Kier alpha value is -2.53. The number of rotatable bonds is 9. The molecule has 1 N–H and O–H groups in total. The maximum Gasteiger partial charge on any atom is 0.126 e. The van der Waals surface area contributed by atoms with Crippen LogP contribution in [-0.4, -0.2) is 57.1 Å². The third-order valence-corrected chi connectivity index (χ3v) is 4.77. The van der Waals surface area contributed by atoms with Crippen LogP contribution in [0.1, 0.15) is 31.0 Å². The average molecular weight is 370 g/mol. The van der Waals surface area contributed by atoms with Gasteiger partial charge in [-0.3, -0.25) is 4.99 Å². The van der Waals surface area contributed by atoms with E-state index in [-0.39, 0.29) is 11.8 Å². The van der Waals surface area contributed by atoms with Gasteiger partial charge in [0.1, 0.15) is 11.5 Å². The molecule has 0 heterocycles. The smallest absolute Gasteiger partial charge is 0.126 e. The van der Waals surface area contributed by atoms with Gasteiger partial charge in [-0.15, -0.1) is 0 Å². The number of phenols is 1. The molecule has 0 saturated heterocycles. The molecule has 0 aromatic heterocycles. The monoisotopic (exact) mass is 369 g/mol. The Bertz CT molecular complexity index is 755. The lowest BCUT2D eigenvalue weighted by atomic mass is 10.0. The highest BCUT2D eigenvalue weighted by Crippen LogP contribution is 2.28. The van der Waals surface area contributed by atoms with Crippen molar-refractivity contribution in [2.24, 2.45) is 4.99 Å². The van der Waals surface area contributed by atoms with E-state index in [1.807, 2.05) is 44.4 Å². The van der Waals surface area contributed by atoms with Crippen LogP contribution in [0.2, 0.25) is 0 Å². The van der Waals surface area contributed by atoms with Crippen molar-refractivity contribution in [3.63, 3.8) is 0 Å². The second-order valence-electron chi connectivity index (χ2n) is 6.63. The van der Waals surface area contributed by atoms with E-state index in [1.54, 1.807) is 19.4 Å². The van der Waals surface area contributed by atoms with Crippen molar-refractivity contribution in [1.29, 1.82) is 0 Å². The average Bonchev–Trinajstić information content (AvgIpc) is 2.67. The molecule has 1 atom stereocenters. The lowest BCUT2D eigenvalue weighted by Gasteiger charge is -2.24. The number of ether oxygens (including phenoxy) is 1. The molecule has 0 radical (unpaired) electrons. The number of para-hydroxylation sites is 1. The Morgan fingerprint density at radius 2 is 1.81 bits per heavy atom. The van der Waals surface area contributed by atoms with Crippen LogP contribution in [-0.2, 0) is 0 Å². The number of aliphatic imine (C=N–C) groups is 1. The summed E-state index contributed by atoms with van der Waals surface area (Å²) in [6.45, 7) is 6.61. The maximum atomic E-state index is 10.4. The number of anilines is 1. The molecule has 0 spiro atoms. The molecule has 27 heavy (non-hydrogen) atoms. The Labute approximate surface area is 162 Å². The standard InChI is InChI=1S/C22H31N3O2/c1-6-25(7-2)18-13-12-17(21(26)14-18)15-23-16-20(24(3)4)19-10-8-9-11-22(19)27-5/h8-15,20,26H,6-7,16H2,1-5H3/t20-/m1/s1. The van der Waals surface area contributed by atoms with E-state index in [0.29, 0.717) is 6.54 Å². The molecule has 0 fully saturated rings. The number of likely N-dealkylation sites (N-methyl/N-ethyl adjacent to an activating group) is 1. The molecule has 2 aromatic rings. The summed E-state index contributed by atoms with van der Waals surface area (Å²) in [5.41, 5.74) is 2.85. The van der Waals surface area contributed by atoms with Crippen LogP contribution in [0.3, 0.4) is 0 Å². The minimum Gasteiger partial charge on any atom is -0.507 e. The van der Waals surface area contributed by atoms with Crippen molar-refractivity contribution in [3.8, 4) is 11.5 Å². The molecule has 0 saturated carbocycles. The molecule has 0 bridgehead atoms. The minimum absolute atomic E-state index is 0.0921. The molecule has 0 aliphatic rings. The van der Waals surface area contributed by atoms with Gasteiger partial charge in [0, 0.05) is 42.2 Å². The van der Waals surface area contributed by atoms with Crippen molar-refractivity contribution in [2.75, 3.05) is 45.7 Å². The number of phenolic OH excluding ortho intramolecular Hbond substituents is 1. The highest BCUT2D eigenvalue weighted by Gasteiger charge is 2.17. The highest BCUT2D eigenvalue weighted by molar-refractivity contribution is 5.84. The second-order valence-corrected chi connectivity index (χ2v) is 6.63. The normalized spacial score (nSPS) is 12.5. The Kier molecular flexibility index (Phi) is 7.67. The van der Waals surface area contributed by atoms with E-state index in [2.05, 4.69) is 34.7 Å². The quantitative estimate of drug-likeness (QED) is 0.680. The van der Waals surface area contributed by atoms with Crippen LogP contribution in [0, 0.1) is 0 Å². The van der Waals surface area contributed by atoms with Crippen molar-refractivity contribution >= 4 is 11.9 Å². The molecule has 0 aliphatic carbocycles. The van der Waals surface area contributed by atoms with E-state index >= 15 is 0 Å². The summed E-state index contributed by atoms with van der Waals surface area (Å²) in [6, 6.07) is 13.8. The maximum absolute atomic E-state index is 10.4. The summed E-state index contributed by atoms with van der Waals surface area (Å²) < 4.78 is 5.49. The van der Waals surface area contributed by atoms with E-state index in [0.717, 1.165) is 35.7 Å². The van der Waals surface area contributed by atoms with Crippen LogP contribution >= 0.6 is 0 Å². The van der Waals surface area contributed by atoms with Gasteiger partial charge in [0.2, 0.25) is 0 Å². The molecule has 146 valence electrons. The van der Waals surface area contributed by atoms with Crippen molar-refractivity contribution in [2.45, 2.75) is 19.9 Å². The van der Waals surface area contributed by atoms with Gasteiger partial charge < -0.3 is 19.6 Å². The van der Waals surface area contributed by atoms with E-state index < -0.39 is 0 Å². The third kappa shape index (κ3) is 5.23. The Balaban J connectivity index is 2.17. The lowest BCUT2D eigenvalue weighted by molar-refractivity contribution is 0.295. The zero-order chi connectivity index (χ0) is 19.8. The summed E-state index contributed by atoms with van der Waals surface area (Å²) in [6.07, 6.45) is 1.74. The van der Waals surface area contributed by atoms with Gasteiger partial charge in [0.25, 0.3) is 0 Å². The van der Waals surface area contributed by atoms with Gasteiger partial charge in [-0.1, -0.05) is 18.2 Å². The number of methoxy groups -OCH3 is 1. The molecule has 2 rings (SSSR count). The zero-order valence-electron chi connectivity index (χ0n) is 17.0.